The monoisotopic (exact) mass is 435 g/mol. The molecule has 1 aliphatic rings. The van der Waals surface area contributed by atoms with Gasteiger partial charge < -0.3 is 20.3 Å². The minimum atomic E-state index is -0.193. The van der Waals surface area contributed by atoms with Crippen LogP contribution in [0.25, 0.3) is 0 Å². The van der Waals surface area contributed by atoms with Crippen LogP contribution in [-0.4, -0.2) is 36.1 Å². The second-order valence-electron chi connectivity index (χ2n) is 7.42. The summed E-state index contributed by atoms with van der Waals surface area (Å²) in [4.78, 5) is 28.3. The lowest BCUT2D eigenvalue weighted by Crippen LogP contribution is -2.39. The predicted octanol–water partition coefficient (Wildman–Crippen LogP) is 5.21. The maximum Gasteiger partial charge on any atom is 0.322 e. The van der Waals surface area contributed by atoms with Gasteiger partial charge in [-0.15, -0.1) is 11.3 Å². The largest absolute Gasteiger partial charge is 0.376 e. The third kappa shape index (κ3) is 5.93. The lowest BCUT2D eigenvalue weighted by molar-refractivity contribution is 0.0821. The fraction of sp³-hybridized carbons (Fsp3) is 0.250. The van der Waals surface area contributed by atoms with Crippen molar-refractivity contribution in [2.45, 2.75) is 25.5 Å². The molecular weight excluding hydrogens is 410 g/mol. The molecule has 4 rings (SSSR count). The Labute approximate surface area is 185 Å². The maximum atomic E-state index is 13.0. The first-order valence-corrected chi connectivity index (χ1v) is 11.2. The first kappa shape index (κ1) is 21.1. The molecule has 2 aromatic carbocycles. The van der Waals surface area contributed by atoms with E-state index in [4.69, 9.17) is 4.74 Å². The van der Waals surface area contributed by atoms with Gasteiger partial charge >= 0.3 is 6.03 Å². The number of nitrogens with one attached hydrogen (secondary N) is 2. The Kier molecular flexibility index (Phi) is 6.96. The van der Waals surface area contributed by atoms with Crippen molar-refractivity contribution in [1.82, 2.24) is 4.90 Å². The summed E-state index contributed by atoms with van der Waals surface area (Å²) in [6, 6.07) is 20.0. The van der Waals surface area contributed by atoms with Gasteiger partial charge in [0.05, 0.1) is 12.6 Å². The van der Waals surface area contributed by atoms with Crippen LogP contribution in [0.5, 0.6) is 0 Å². The number of ether oxygens (including phenoxy) is 1. The molecule has 3 aromatic rings. The smallest absolute Gasteiger partial charge is 0.322 e. The number of amides is 3. The van der Waals surface area contributed by atoms with Crippen LogP contribution in [0, 0.1) is 0 Å². The summed E-state index contributed by atoms with van der Waals surface area (Å²) in [6.45, 7) is 1.86. The maximum absolute atomic E-state index is 13.0. The number of carbonyl (C=O) groups excluding carboxylic acids is 2. The first-order valence-electron chi connectivity index (χ1n) is 10.3. The van der Waals surface area contributed by atoms with Crippen molar-refractivity contribution < 1.29 is 14.3 Å². The van der Waals surface area contributed by atoms with E-state index in [2.05, 4.69) is 10.6 Å². The molecule has 1 aliphatic heterocycles. The SMILES string of the molecule is O=C(Nc1ccccc1)c1ccc(NC(=O)N(Cc2cccs2)CC2CCCO2)cc1. The number of anilines is 2. The lowest BCUT2D eigenvalue weighted by Gasteiger charge is -2.25. The predicted molar refractivity (Wildman–Crippen MR) is 124 cm³/mol. The summed E-state index contributed by atoms with van der Waals surface area (Å²) >= 11 is 1.63. The summed E-state index contributed by atoms with van der Waals surface area (Å²) in [7, 11) is 0. The molecule has 1 atom stereocenters. The van der Waals surface area contributed by atoms with Crippen LogP contribution in [0.15, 0.2) is 72.1 Å². The average Bonchev–Trinajstić information content (AvgIpc) is 3.49. The normalized spacial score (nSPS) is 15.4. The van der Waals surface area contributed by atoms with Gasteiger partial charge in [-0.3, -0.25) is 4.79 Å². The number of hydrogen-bond acceptors (Lipinski definition) is 4. The number of para-hydroxylation sites is 1. The van der Waals surface area contributed by atoms with E-state index in [1.54, 1.807) is 40.5 Å². The zero-order valence-corrected chi connectivity index (χ0v) is 17.9. The van der Waals surface area contributed by atoms with Gasteiger partial charge in [-0.2, -0.15) is 0 Å². The summed E-state index contributed by atoms with van der Waals surface area (Å²) in [5.41, 5.74) is 1.91. The molecule has 0 spiro atoms. The Morgan fingerprint density at radius 2 is 1.74 bits per heavy atom. The van der Waals surface area contributed by atoms with Crippen molar-refractivity contribution in [1.29, 1.82) is 0 Å². The van der Waals surface area contributed by atoms with E-state index in [-0.39, 0.29) is 18.0 Å². The number of thiophene rings is 1. The molecule has 1 aromatic heterocycles. The Morgan fingerprint density at radius 1 is 0.968 bits per heavy atom. The molecule has 160 valence electrons. The van der Waals surface area contributed by atoms with Crippen molar-refractivity contribution in [2.75, 3.05) is 23.8 Å². The van der Waals surface area contributed by atoms with Crippen molar-refractivity contribution >= 4 is 34.6 Å². The van der Waals surface area contributed by atoms with Crippen LogP contribution in [0.2, 0.25) is 0 Å². The van der Waals surface area contributed by atoms with Crippen molar-refractivity contribution in [3.63, 3.8) is 0 Å². The number of hydrogen-bond donors (Lipinski definition) is 2. The van der Waals surface area contributed by atoms with Gasteiger partial charge in [-0.25, -0.2) is 4.79 Å². The van der Waals surface area contributed by atoms with Crippen LogP contribution in [-0.2, 0) is 11.3 Å². The minimum absolute atomic E-state index is 0.0785. The molecule has 7 heteroatoms. The van der Waals surface area contributed by atoms with E-state index >= 15 is 0 Å². The molecule has 1 unspecified atom stereocenters. The standard InChI is InChI=1S/C24H25N3O3S/c28-23(25-19-6-2-1-3-7-19)18-10-12-20(13-11-18)26-24(29)27(16-21-8-4-14-30-21)17-22-9-5-15-31-22/h1-3,5-7,9-13,15,21H,4,8,14,16-17H2,(H,25,28)(H,26,29). The topological polar surface area (TPSA) is 70.7 Å². The zero-order chi connectivity index (χ0) is 21.5. The van der Waals surface area contributed by atoms with Gasteiger partial charge in [-0.1, -0.05) is 24.3 Å². The van der Waals surface area contributed by atoms with Crippen LogP contribution in [0.3, 0.4) is 0 Å². The Hall–Kier alpha value is -3.16. The van der Waals surface area contributed by atoms with E-state index in [0.717, 1.165) is 30.0 Å². The highest BCUT2D eigenvalue weighted by molar-refractivity contribution is 7.09. The molecular formula is C24H25N3O3S. The second kappa shape index (κ2) is 10.2. The van der Waals surface area contributed by atoms with Crippen LogP contribution >= 0.6 is 11.3 Å². The second-order valence-corrected chi connectivity index (χ2v) is 8.45. The third-order valence-electron chi connectivity index (χ3n) is 5.09. The minimum Gasteiger partial charge on any atom is -0.376 e. The van der Waals surface area contributed by atoms with Gasteiger partial charge in [0.25, 0.3) is 5.91 Å². The molecule has 1 fully saturated rings. The highest BCUT2D eigenvalue weighted by atomic mass is 32.1. The van der Waals surface area contributed by atoms with E-state index in [0.29, 0.717) is 24.3 Å². The first-order chi connectivity index (χ1) is 15.2. The number of carbonyl (C=O) groups is 2. The van der Waals surface area contributed by atoms with Gasteiger partial charge in [0.2, 0.25) is 0 Å². The van der Waals surface area contributed by atoms with Crippen LogP contribution < -0.4 is 10.6 Å². The van der Waals surface area contributed by atoms with Crippen molar-refractivity contribution in [3.05, 3.63) is 82.6 Å². The average molecular weight is 436 g/mol. The molecule has 0 saturated carbocycles. The zero-order valence-electron chi connectivity index (χ0n) is 17.1. The van der Waals surface area contributed by atoms with E-state index < -0.39 is 0 Å². The quantitative estimate of drug-likeness (QED) is 0.535. The molecule has 0 radical (unpaired) electrons. The van der Waals surface area contributed by atoms with Crippen LogP contribution in [0.1, 0.15) is 28.1 Å². The summed E-state index contributed by atoms with van der Waals surface area (Å²) in [6.07, 6.45) is 2.08. The summed E-state index contributed by atoms with van der Waals surface area (Å²) in [5.74, 6) is -0.193. The molecule has 2 heterocycles. The molecule has 2 N–H and O–H groups in total. The number of nitrogens with zero attached hydrogens (tertiary/aromatic N) is 1. The number of urea groups is 1. The van der Waals surface area contributed by atoms with E-state index in [1.165, 1.54) is 0 Å². The van der Waals surface area contributed by atoms with Crippen molar-refractivity contribution in [3.8, 4) is 0 Å². The summed E-state index contributed by atoms with van der Waals surface area (Å²) in [5, 5.41) is 7.81. The number of benzene rings is 2. The van der Waals surface area contributed by atoms with E-state index in [9.17, 15) is 9.59 Å². The van der Waals surface area contributed by atoms with Gasteiger partial charge in [-0.05, 0) is 60.7 Å². The molecule has 0 aliphatic carbocycles. The Morgan fingerprint density at radius 3 is 2.42 bits per heavy atom. The molecule has 3 amide bonds. The Balaban J connectivity index is 1.38. The van der Waals surface area contributed by atoms with Crippen LogP contribution in [0.4, 0.5) is 16.2 Å². The molecule has 1 saturated heterocycles. The van der Waals surface area contributed by atoms with Gasteiger partial charge in [0.15, 0.2) is 0 Å². The molecule has 31 heavy (non-hydrogen) atoms. The summed E-state index contributed by atoms with van der Waals surface area (Å²) < 4.78 is 5.73. The fourth-order valence-corrected chi connectivity index (χ4v) is 4.20. The molecule has 6 nitrogen and oxygen atoms in total. The fourth-order valence-electron chi connectivity index (χ4n) is 3.48. The highest BCUT2D eigenvalue weighted by Crippen LogP contribution is 2.19. The molecule has 0 bridgehead atoms. The lowest BCUT2D eigenvalue weighted by atomic mass is 10.2. The number of rotatable bonds is 7. The van der Waals surface area contributed by atoms with E-state index in [1.807, 2.05) is 47.8 Å². The highest BCUT2D eigenvalue weighted by Gasteiger charge is 2.23. The van der Waals surface area contributed by atoms with Crippen molar-refractivity contribution in [2.24, 2.45) is 0 Å². The van der Waals surface area contributed by atoms with Gasteiger partial charge in [0, 0.05) is 35.0 Å². The Bertz CT molecular complexity index is 985. The third-order valence-corrected chi connectivity index (χ3v) is 5.95. The van der Waals surface area contributed by atoms with Gasteiger partial charge in [0.1, 0.15) is 0 Å².